The Morgan fingerprint density at radius 2 is 1.54 bits per heavy atom. The topological polar surface area (TPSA) is 37.8 Å². The van der Waals surface area contributed by atoms with E-state index in [0.717, 1.165) is 33.6 Å². The van der Waals surface area contributed by atoms with Gasteiger partial charge in [-0.25, -0.2) is 0 Å². The van der Waals surface area contributed by atoms with Crippen molar-refractivity contribution in [3.05, 3.63) is 100 Å². The van der Waals surface area contributed by atoms with Crippen LogP contribution in [-0.4, -0.2) is 9.78 Å². The van der Waals surface area contributed by atoms with Crippen LogP contribution in [0.2, 0.25) is 0 Å². The number of aryl methyl sites for hydroxylation is 2. The molecule has 4 rings (SSSR count). The summed E-state index contributed by atoms with van der Waals surface area (Å²) in [5.74, 6) is 0. The maximum absolute atomic E-state index is 12.9. The monoisotopic (exact) mass is 340 g/mol. The van der Waals surface area contributed by atoms with Crippen molar-refractivity contribution in [1.82, 2.24) is 9.78 Å². The van der Waals surface area contributed by atoms with Gasteiger partial charge in [-0.2, -0.15) is 0 Å². The molecule has 0 saturated heterocycles. The first-order valence-corrected chi connectivity index (χ1v) is 8.68. The minimum atomic E-state index is -0.0871. The standard InChI is InChI=1S/C23H20N2O/c1-16-9-8-13-19(15-16)25-22(20-14-7-6-10-17(20)2)21(23(26)24-25)18-11-4-3-5-12-18/h3-15H,1-2H3,(H,24,26). The number of aromatic nitrogens is 2. The highest BCUT2D eigenvalue weighted by Crippen LogP contribution is 2.33. The van der Waals surface area contributed by atoms with E-state index >= 15 is 0 Å². The number of nitrogens with one attached hydrogen (secondary N) is 1. The number of rotatable bonds is 3. The Bertz CT molecular complexity index is 1120. The van der Waals surface area contributed by atoms with E-state index in [0.29, 0.717) is 5.56 Å². The summed E-state index contributed by atoms with van der Waals surface area (Å²) in [6, 6.07) is 26.1. The smallest absolute Gasteiger partial charge is 0.267 e. The van der Waals surface area contributed by atoms with Crippen molar-refractivity contribution in [2.24, 2.45) is 0 Å². The fourth-order valence-electron chi connectivity index (χ4n) is 3.36. The van der Waals surface area contributed by atoms with Gasteiger partial charge in [-0.1, -0.05) is 66.7 Å². The number of H-pyrrole nitrogens is 1. The Morgan fingerprint density at radius 3 is 2.27 bits per heavy atom. The van der Waals surface area contributed by atoms with Gasteiger partial charge in [0.25, 0.3) is 5.56 Å². The van der Waals surface area contributed by atoms with Crippen molar-refractivity contribution in [3.8, 4) is 28.1 Å². The predicted octanol–water partition coefficient (Wildman–Crippen LogP) is 5.12. The number of hydrogen-bond donors (Lipinski definition) is 1. The van der Waals surface area contributed by atoms with Gasteiger partial charge in [-0.05, 0) is 42.7 Å². The normalized spacial score (nSPS) is 10.8. The van der Waals surface area contributed by atoms with E-state index in [1.165, 1.54) is 0 Å². The molecule has 26 heavy (non-hydrogen) atoms. The van der Waals surface area contributed by atoms with Gasteiger partial charge in [0.2, 0.25) is 0 Å². The summed E-state index contributed by atoms with van der Waals surface area (Å²) in [7, 11) is 0. The summed E-state index contributed by atoms with van der Waals surface area (Å²) in [6.07, 6.45) is 0. The molecule has 1 N–H and O–H groups in total. The van der Waals surface area contributed by atoms with Crippen molar-refractivity contribution in [2.75, 3.05) is 0 Å². The fourth-order valence-corrected chi connectivity index (χ4v) is 3.36. The highest BCUT2D eigenvalue weighted by Gasteiger charge is 2.20. The molecule has 0 aliphatic rings. The van der Waals surface area contributed by atoms with Crippen molar-refractivity contribution in [1.29, 1.82) is 0 Å². The summed E-state index contributed by atoms with van der Waals surface area (Å²) >= 11 is 0. The molecule has 0 bridgehead atoms. The van der Waals surface area contributed by atoms with Crippen LogP contribution in [0.5, 0.6) is 0 Å². The van der Waals surface area contributed by atoms with Crippen molar-refractivity contribution in [3.63, 3.8) is 0 Å². The molecule has 0 unspecified atom stereocenters. The van der Waals surface area contributed by atoms with Gasteiger partial charge >= 0.3 is 0 Å². The van der Waals surface area contributed by atoms with Crippen LogP contribution in [0.3, 0.4) is 0 Å². The summed E-state index contributed by atoms with van der Waals surface area (Å²) in [4.78, 5) is 12.9. The lowest BCUT2D eigenvalue weighted by Crippen LogP contribution is -2.05. The molecule has 1 aromatic heterocycles. The van der Waals surface area contributed by atoms with Crippen LogP contribution >= 0.6 is 0 Å². The average molecular weight is 340 g/mol. The second-order valence-corrected chi connectivity index (χ2v) is 6.52. The van der Waals surface area contributed by atoms with Crippen LogP contribution < -0.4 is 5.56 Å². The van der Waals surface area contributed by atoms with Gasteiger partial charge in [-0.15, -0.1) is 0 Å². The van der Waals surface area contributed by atoms with E-state index in [2.05, 4.69) is 43.2 Å². The van der Waals surface area contributed by atoms with E-state index in [1.54, 1.807) is 0 Å². The largest absolute Gasteiger partial charge is 0.272 e. The van der Waals surface area contributed by atoms with E-state index in [-0.39, 0.29) is 5.56 Å². The van der Waals surface area contributed by atoms with E-state index in [4.69, 9.17) is 0 Å². The maximum Gasteiger partial charge on any atom is 0.272 e. The van der Waals surface area contributed by atoms with Gasteiger partial charge in [0.1, 0.15) is 0 Å². The molecule has 3 heteroatoms. The van der Waals surface area contributed by atoms with Gasteiger partial charge < -0.3 is 0 Å². The number of nitrogens with zero attached hydrogens (tertiary/aromatic N) is 1. The number of hydrogen-bond acceptors (Lipinski definition) is 1. The second-order valence-electron chi connectivity index (χ2n) is 6.52. The molecule has 3 nitrogen and oxygen atoms in total. The van der Waals surface area contributed by atoms with Crippen LogP contribution in [-0.2, 0) is 0 Å². The minimum absolute atomic E-state index is 0.0871. The molecule has 0 amide bonds. The van der Waals surface area contributed by atoms with Gasteiger partial charge in [0.15, 0.2) is 0 Å². The first-order chi connectivity index (χ1) is 12.6. The molecule has 0 radical (unpaired) electrons. The number of aromatic amines is 1. The zero-order valence-electron chi connectivity index (χ0n) is 14.9. The lowest BCUT2D eigenvalue weighted by molar-refractivity contribution is 0.869. The van der Waals surface area contributed by atoms with Gasteiger partial charge in [0, 0.05) is 5.56 Å². The van der Waals surface area contributed by atoms with Crippen LogP contribution in [0.15, 0.2) is 83.7 Å². The molecule has 0 fully saturated rings. The lowest BCUT2D eigenvalue weighted by Gasteiger charge is -2.13. The van der Waals surface area contributed by atoms with Crippen LogP contribution in [0.25, 0.3) is 28.1 Å². The van der Waals surface area contributed by atoms with E-state index < -0.39 is 0 Å². The third-order valence-corrected chi connectivity index (χ3v) is 4.62. The third kappa shape index (κ3) is 2.78. The Kier molecular flexibility index (Phi) is 4.05. The molecule has 0 aliphatic heterocycles. The quantitative estimate of drug-likeness (QED) is 0.552. The molecular formula is C23H20N2O. The van der Waals surface area contributed by atoms with Crippen LogP contribution in [0.4, 0.5) is 0 Å². The molecule has 3 aromatic carbocycles. The molecule has 0 atom stereocenters. The summed E-state index contributed by atoms with van der Waals surface area (Å²) in [6.45, 7) is 4.12. The van der Waals surface area contributed by atoms with E-state index in [9.17, 15) is 4.79 Å². The Labute approximate surface area is 152 Å². The van der Waals surface area contributed by atoms with Crippen molar-refractivity contribution in [2.45, 2.75) is 13.8 Å². The highest BCUT2D eigenvalue weighted by atomic mass is 16.1. The van der Waals surface area contributed by atoms with Crippen LogP contribution in [0.1, 0.15) is 11.1 Å². The Hall–Kier alpha value is -3.33. The van der Waals surface area contributed by atoms with Crippen molar-refractivity contribution < 1.29 is 0 Å². The average Bonchev–Trinajstić information content (AvgIpc) is 3.00. The molecule has 0 spiro atoms. The summed E-state index contributed by atoms with van der Waals surface area (Å²) in [5.41, 5.74) is 6.69. The minimum Gasteiger partial charge on any atom is -0.267 e. The molecular weight excluding hydrogens is 320 g/mol. The van der Waals surface area contributed by atoms with Gasteiger partial charge in [-0.3, -0.25) is 14.6 Å². The van der Waals surface area contributed by atoms with Crippen LogP contribution in [0, 0.1) is 13.8 Å². The predicted molar refractivity (Wildman–Crippen MR) is 107 cm³/mol. The SMILES string of the molecule is Cc1cccc(-n2[nH]c(=O)c(-c3ccccc3)c2-c2ccccc2C)c1. The Balaban J connectivity index is 2.08. The molecule has 4 aromatic rings. The fraction of sp³-hybridized carbons (Fsp3) is 0.0870. The first-order valence-electron chi connectivity index (χ1n) is 8.68. The molecule has 1 heterocycles. The molecule has 0 saturated carbocycles. The lowest BCUT2D eigenvalue weighted by atomic mass is 9.98. The summed E-state index contributed by atoms with van der Waals surface area (Å²) in [5, 5.41) is 3.04. The number of benzene rings is 3. The zero-order chi connectivity index (χ0) is 18.1. The van der Waals surface area contributed by atoms with E-state index in [1.807, 2.05) is 59.3 Å². The molecule has 128 valence electrons. The van der Waals surface area contributed by atoms with Gasteiger partial charge in [0.05, 0.1) is 16.9 Å². The summed E-state index contributed by atoms with van der Waals surface area (Å²) < 4.78 is 1.90. The Morgan fingerprint density at radius 1 is 0.808 bits per heavy atom. The van der Waals surface area contributed by atoms with Crippen molar-refractivity contribution >= 4 is 0 Å². The second kappa shape index (κ2) is 6.52. The third-order valence-electron chi connectivity index (χ3n) is 4.62. The maximum atomic E-state index is 12.9. The first kappa shape index (κ1) is 16.2. The zero-order valence-corrected chi connectivity index (χ0v) is 14.9. The highest BCUT2D eigenvalue weighted by molar-refractivity contribution is 5.83. The molecule has 0 aliphatic carbocycles.